The van der Waals surface area contributed by atoms with Crippen LogP contribution in [0.15, 0.2) is 0 Å². The van der Waals surface area contributed by atoms with E-state index in [1.54, 1.807) is 0 Å². The Hall–Kier alpha value is 0.0101. The summed E-state index contributed by atoms with van der Waals surface area (Å²) in [5.41, 5.74) is 0. The van der Waals surface area contributed by atoms with E-state index in [9.17, 15) is 9.59 Å². The van der Waals surface area contributed by atoms with Gasteiger partial charge in [-0.3, -0.25) is 0 Å². The van der Waals surface area contributed by atoms with E-state index in [-0.39, 0.29) is 11.8 Å². The first kappa shape index (κ1) is 8.01. The number of hydrogen-bond donors (Lipinski definition) is 0. The van der Waals surface area contributed by atoms with Crippen LogP contribution >= 0.6 is 0 Å². The molecule has 0 aromatic carbocycles. The van der Waals surface area contributed by atoms with Crippen LogP contribution in [0.2, 0.25) is 0 Å². The molecule has 0 aliphatic carbocycles. The topological polar surface area (TPSA) is 37.4 Å². The molecular weight excluding hydrogens is 273 g/mol. The normalized spacial score (nSPS) is 8.12. The summed E-state index contributed by atoms with van der Waals surface area (Å²) in [6, 6.07) is 0. The molecule has 0 aliphatic rings. The molecule has 0 saturated carbocycles. The monoisotopic (exact) mass is 280 g/mol. The van der Waals surface area contributed by atoms with Crippen molar-refractivity contribution >= 4 is 11.8 Å². The van der Waals surface area contributed by atoms with Gasteiger partial charge in [0.2, 0.25) is 0 Å². The number of rotatable bonds is 0. The quantitative estimate of drug-likeness (QED) is 0.578. The van der Waals surface area contributed by atoms with Gasteiger partial charge in [-0.1, -0.05) is 0 Å². The van der Waals surface area contributed by atoms with Gasteiger partial charge in [-0.2, -0.15) is 0 Å². The second-order valence-corrected chi connectivity index (χ2v) is 2.98. The number of imide groups is 1. The maximum atomic E-state index is 10.3. The van der Waals surface area contributed by atoms with Crippen molar-refractivity contribution in [3.8, 4) is 0 Å². The molecule has 0 saturated heterocycles. The van der Waals surface area contributed by atoms with Crippen LogP contribution in [0.25, 0.3) is 0 Å². The third kappa shape index (κ3) is 2.35. The van der Waals surface area contributed by atoms with Gasteiger partial charge in [0.05, 0.1) is 0 Å². The van der Waals surface area contributed by atoms with Gasteiger partial charge < -0.3 is 0 Å². The summed E-state index contributed by atoms with van der Waals surface area (Å²) >= 11 is 0.492. The first-order valence-corrected chi connectivity index (χ1v) is 3.69. The summed E-state index contributed by atoms with van der Waals surface area (Å²) in [7, 11) is 0. The molecule has 0 fully saturated rings. The molecule has 3 nitrogen and oxygen atoms in total. The Bertz CT molecular complexity index is 109. The fourth-order valence-electron chi connectivity index (χ4n) is 0.222. The van der Waals surface area contributed by atoms with E-state index >= 15 is 0 Å². The van der Waals surface area contributed by atoms with Crippen molar-refractivity contribution in [1.29, 1.82) is 0 Å². The number of carbonyl (C=O) groups excluding carboxylic acids is 2. The Balaban J connectivity index is 3.83. The average molecular weight is 279 g/mol. The first-order valence-electron chi connectivity index (χ1n) is 2.08. The Labute approximate surface area is 63.0 Å². The molecule has 8 heavy (non-hydrogen) atoms. The summed E-state index contributed by atoms with van der Waals surface area (Å²) in [5.74, 6) is -0.326. The van der Waals surface area contributed by atoms with Crippen LogP contribution in [-0.4, -0.2) is 14.7 Å². The van der Waals surface area contributed by atoms with E-state index in [1.165, 1.54) is 16.7 Å². The van der Waals surface area contributed by atoms with Gasteiger partial charge in [-0.05, 0) is 0 Å². The van der Waals surface area contributed by atoms with Crippen molar-refractivity contribution in [2.75, 3.05) is 0 Å². The summed E-state index contributed by atoms with van der Waals surface area (Å²) in [6.45, 7) is 2.77. The molecule has 0 heterocycles. The Morgan fingerprint density at radius 1 is 1.25 bits per heavy atom. The van der Waals surface area contributed by atoms with Gasteiger partial charge in [0.25, 0.3) is 0 Å². The summed E-state index contributed by atoms with van der Waals surface area (Å²) < 4.78 is 1.19. The van der Waals surface area contributed by atoms with Gasteiger partial charge in [-0.25, -0.2) is 0 Å². The maximum absolute atomic E-state index is 10.3. The molecule has 2 amide bonds. The zero-order valence-electron chi connectivity index (χ0n) is 4.76. The first-order chi connectivity index (χ1) is 3.55. The zero-order valence-corrected chi connectivity index (χ0v) is 8.36. The minimum atomic E-state index is -0.163. The standard InChI is InChI=1S/C4H7NO2.Hf/c1-3(6)5-4(2)7;/h1-2H3,(H,5,6,7);/q;+1/p-1. The molecule has 0 unspecified atom stereocenters. The van der Waals surface area contributed by atoms with E-state index in [0.29, 0.717) is 24.7 Å². The minimum absolute atomic E-state index is 0.163. The van der Waals surface area contributed by atoms with Gasteiger partial charge in [0.15, 0.2) is 0 Å². The Morgan fingerprint density at radius 3 is 1.50 bits per heavy atom. The number of nitrogens with zero attached hydrogens (tertiary/aromatic N) is 1. The average Bonchev–Trinajstić information content (AvgIpc) is 1.64. The van der Waals surface area contributed by atoms with Crippen LogP contribution in [0.5, 0.6) is 0 Å². The van der Waals surface area contributed by atoms with Gasteiger partial charge in [0.1, 0.15) is 0 Å². The molecule has 0 bridgehead atoms. The third-order valence-corrected chi connectivity index (χ3v) is 2.89. The zero-order chi connectivity index (χ0) is 6.73. The molecule has 0 rings (SSSR count). The number of hydrogen-bond acceptors (Lipinski definition) is 2. The van der Waals surface area contributed by atoms with E-state index in [0.717, 1.165) is 0 Å². The van der Waals surface area contributed by atoms with Crippen LogP contribution < -0.4 is 0 Å². The molecule has 0 atom stereocenters. The van der Waals surface area contributed by atoms with Gasteiger partial charge in [0, 0.05) is 0 Å². The Morgan fingerprint density at radius 2 is 1.50 bits per heavy atom. The van der Waals surface area contributed by atoms with E-state index in [4.69, 9.17) is 0 Å². The van der Waals surface area contributed by atoms with Crippen LogP contribution in [-0.2, 0) is 34.3 Å². The third-order valence-electron chi connectivity index (χ3n) is 0.630. The predicted octanol–water partition coefficient (Wildman–Crippen LogP) is -0.157. The van der Waals surface area contributed by atoms with E-state index < -0.39 is 0 Å². The molecule has 0 aromatic rings. The molecule has 0 N–H and O–H groups in total. The molecule has 0 aliphatic heterocycles. The summed E-state index contributed by atoms with van der Waals surface area (Å²) in [6.07, 6.45) is 0. The van der Waals surface area contributed by atoms with Crippen molar-refractivity contribution in [2.45, 2.75) is 13.8 Å². The molecule has 43 valence electrons. The molecule has 0 radical (unpaired) electrons. The number of amides is 2. The van der Waals surface area contributed by atoms with Crippen molar-refractivity contribution in [3.05, 3.63) is 0 Å². The fourth-order valence-corrected chi connectivity index (χ4v) is 0.222. The SMILES string of the molecule is CC(=O)[N]([Hf])C(C)=O. The van der Waals surface area contributed by atoms with E-state index in [2.05, 4.69) is 0 Å². The summed E-state index contributed by atoms with van der Waals surface area (Å²) in [5, 5.41) is 0. The predicted molar refractivity (Wildman–Crippen MR) is 23.2 cm³/mol. The van der Waals surface area contributed by atoms with Crippen molar-refractivity contribution in [1.82, 2.24) is 2.89 Å². The van der Waals surface area contributed by atoms with Gasteiger partial charge >= 0.3 is 62.8 Å². The van der Waals surface area contributed by atoms with Crippen molar-refractivity contribution in [2.24, 2.45) is 0 Å². The molecule has 0 aromatic heterocycles. The van der Waals surface area contributed by atoms with Crippen LogP contribution in [0, 0.1) is 0 Å². The fraction of sp³-hybridized carbons (Fsp3) is 0.500. The summed E-state index contributed by atoms with van der Waals surface area (Å²) in [4.78, 5) is 20.6. The van der Waals surface area contributed by atoms with Crippen LogP contribution in [0.4, 0.5) is 0 Å². The van der Waals surface area contributed by atoms with Crippen molar-refractivity contribution < 1.29 is 34.3 Å². The van der Waals surface area contributed by atoms with E-state index in [1.807, 2.05) is 0 Å². The molecular formula is C4H6HfNO2. The Kier molecular flexibility index (Phi) is 3.12. The van der Waals surface area contributed by atoms with Crippen LogP contribution in [0.1, 0.15) is 13.8 Å². The van der Waals surface area contributed by atoms with Crippen molar-refractivity contribution in [3.63, 3.8) is 0 Å². The molecule has 0 spiro atoms. The molecule has 4 heteroatoms. The number of carbonyl (C=O) groups is 2. The van der Waals surface area contributed by atoms with Crippen LogP contribution in [0.3, 0.4) is 0 Å². The second kappa shape index (κ2) is 3.12. The van der Waals surface area contributed by atoms with Gasteiger partial charge in [-0.15, -0.1) is 0 Å². The second-order valence-electron chi connectivity index (χ2n) is 1.37.